The molecule has 4 heteroatoms. The maximum atomic E-state index is 12.4. The van der Waals surface area contributed by atoms with Crippen molar-refractivity contribution in [2.24, 2.45) is 0 Å². The summed E-state index contributed by atoms with van der Waals surface area (Å²) < 4.78 is 5.84. The number of amides is 1. The average molecular weight is 281 g/mol. The van der Waals surface area contributed by atoms with Crippen molar-refractivity contribution in [2.45, 2.75) is 6.92 Å². The van der Waals surface area contributed by atoms with Gasteiger partial charge in [-0.25, -0.2) is 0 Å². The van der Waals surface area contributed by atoms with Crippen LogP contribution < -0.4 is 5.32 Å². The third kappa shape index (κ3) is 2.36. The van der Waals surface area contributed by atoms with Crippen LogP contribution in [-0.4, -0.2) is 17.6 Å². The van der Waals surface area contributed by atoms with Crippen molar-refractivity contribution in [2.75, 3.05) is 6.54 Å². The zero-order chi connectivity index (χ0) is 14.8. The van der Waals surface area contributed by atoms with Gasteiger partial charge in [0.1, 0.15) is 17.1 Å². The SMILES string of the molecule is CCNC(=O)c1c(-c2ccccc2)oc2ccc(O)cc12. The Hall–Kier alpha value is -2.75. The second-order valence-corrected chi connectivity index (χ2v) is 4.71. The van der Waals surface area contributed by atoms with Crippen LogP contribution in [0.5, 0.6) is 5.75 Å². The van der Waals surface area contributed by atoms with Crippen LogP contribution in [0.2, 0.25) is 0 Å². The molecule has 0 aliphatic carbocycles. The van der Waals surface area contributed by atoms with E-state index in [-0.39, 0.29) is 11.7 Å². The quantitative estimate of drug-likeness (QED) is 0.771. The fourth-order valence-corrected chi connectivity index (χ4v) is 2.35. The third-order valence-electron chi connectivity index (χ3n) is 3.27. The molecule has 0 radical (unpaired) electrons. The lowest BCUT2D eigenvalue weighted by Gasteiger charge is -2.03. The summed E-state index contributed by atoms with van der Waals surface area (Å²) in [5.74, 6) is 0.413. The highest BCUT2D eigenvalue weighted by atomic mass is 16.3. The molecule has 0 atom stereocenters. The number of aromatic hydroxyl groups is 1. The largest absolute Gasteiger partial charge is 0.508 e. The van der Waals surface area contributed by atoms with Crippen molar-refractivity contribution in [3.63, 3.8) is 0 Å². The number of furan rings is 1. The molecule has 2 aromatic carbocycles. The van der Waals surface area contributed by atoms with E-state index in [0.29, 0.717) is 28.8 Å². The summed E-state index contributed by atoms with van der Waals surface area (Å²) in [6, 6.07) is 14.2. The molecule has 106 valence electrons. The third-order valence-corrected chi connectivity index (χ3v) is 3.27. The lowest BCUT2D eigenvalue weighted by Crippen LogP contribution is -2.22. The number of phenolic OH excluding ortho intramolecular Hbond substituents is 1. The Balaban J connectivity index is 2.28. The van der Waals surface area contributed by atoms with Crippen LogP contribution in [-0.2, 0) is 0 Å². The van der Waals surface area contributed by atoms with Gasteiger partial charge in [0.25, 0.3) is 5.91 Å². The Labute approximate surface area is 122 Å². The Morgan fingerprint density at radius 1 is 1.19 bits per heavy atom. The normalized spacial score (nSPS) is 10.7. The molecular formula is C17H15NO3. The predicted octanol–water partition coefficient (Wildman–Crippen LogP) is 3.56. The summed E-state index contributed by atoms with van der Waals surface area (Å²) in [5.41, 5.74) is 1.86. The topological polar surface area (TPSA) is 62.5 Å². The summed E-state index contributed by atoms with van der Waals surface area (Å²) in [7, 11) is 0. The van der Waals surface area contributed by atoms with Gasteiger partial charge in [-0.05, 0) is 25.1 Å². The van der Waals surface area contributed by atoms with Crippen LogP contribution in [0, 0.1) is 0 Å². The number of benzene rings is 2. The van der Waals surface area contributed by atoms with Gasteiger partial charge in [-0.1, -0.05) is 30.3 Å². The first-order chi connectivity index (χ1) is 10.2. The van der Waals surface area contributed by atoms with Gasteiger partial charge in [0, 0.05) is 17.5 Å². The van der Waals surface area contributed by atoms with Crippen molar-refractivity contribution in [1.82, 2.24) is 5.32 Å². The lowest BCUT2D eigenvalue weighted by molar-refractivity contribution is 0.0957. The van der Waals surface area contributed by atoms with Crippen molar-refractivity contribution in [3.8, 4) is 17.1 Å². The summed E-state index contributed by atoms with van der Waals surface area (Å²) in [5, 5.41) is 13.1. The highest BCUT2D eigenvalue weighted by molar-refractivity contribution is 6.11. The van der Waals surface area contributed by atoms with Gasteiger partial charge in [-0.2, -0.15) is 0 Å². The molecule has 0 saturated carbocycles. The van der Waals surface area contributed by atoms with E-state index in [1.807, 2.05) is 37.3 Å². The van der Waals surface area contributed by atoms with Gasteiger partial charge < -0.3 is 14.8 Å². The van der Waals surface area contributed by atoms with Crippen molar-refractivity contribution in [3.05, 3.63) is 54.1 Å². The molecule has 0 fully saturated rings. The van der Waals surface area contributed by atoms with Gasteiger partial charge in [0.05, 0.1) is 5.56 Å². The van der Waals surface area contributed by atoms with E-state index in [1.165, 1.54) is 0 Å². The van der Waals surface area contributed by atoms with Crippen molar-refractivity contribution >= 4 is 16.9 Å². The number of carbonyl (C=O) groups is 1. The molecule has 3 rings (SSSR count). The molecule has 0 unspecified atom stereocenters. The highest BCUT2D eigenvalue weighted by Crippen LogP contribution is 2.35. The number of fused-ring (bicyclic) bond motifs is 1. The minimum absolute atomic E-state index is 0.105. The molecule has 0 bridgehead atoms. The van der Waals surface area contributed by atoms with E-state index in [9.17, 15) is 9.90 Å². The van der Waals surface area contributed by atoms with Crippen LogP contribution in [0.15, 0.2) is 52.9 Å². The second kappa shape index (κ2) is 5.32. The molecule has 21 heavy (non-hydrogen) atoms. The minimum Gasteiger partial charge on any atom is -0.508 e. The number of carbonyl (C=O) groups excluding carboxylic acids is 1. The molecule has 0 spiro atoms. The maximum Gasteiger partial charge on any atom is 0.255 e. The van der Waals surface area contributed by atoms with Crippen LogP contribution in [0.4, 0.5) is 0 Å². The fourth-order valence-electron chi connectivity index (χ4n) is 2.35. The van der Waals surface area contributed by atoms with E-state index in [4.69, 9.17) is 4.42 Å². The number of hydrogen-bond acceptors (Lipinski definition) is 3. The first kappa shape index (κ1) is 13.2. The Morgan fingerprint density at radius 2 is 1.95 bits per heavy atom. The highest BCUT2D eigenvalue weighted by Gasteiger charge is 2.21. The predicted molar refractivity (Wildman–Crippen MR) is 81.3 cm³/mol. The smallest absolute Gasteiger partial charge is 0.255 e. The summed E-state index contributed by atoms with van der Waals surface area (Å²) in [6.07, 6.45) is 0. The Kier molecular flexibility index (Phi) is 3.36. The standard InChI is InChI=1S/C17H15NO3/c1-2-18-17(20)15-13-10-12(19)8-9-14(13)21-16(15)11-6-4-3-5-7-11/h3-10,19H,2H2,1H3,(H,18,20). The molecule has 1 amide bonds. The maximum absolute atomic E-state index is 12.4. The van der Waals surface area contributed by atoms with E-state index in [2.05, 4.69) is 5.32 Å². The summed E-state index contributed by atoms with van der Waals surface area (Å²) >= 11 is 0. The molecule has 0 aliphatic rings. The lowest BCUT2D eigenvalue weighted by atomic mass is 10.0. The zero-order valence-electron chi connectivity index (χ0n) is 11.6. The first-order valence-electron chi connectivity index (χ1n) is 6.80. The molecule has 1 aromatic heterocycles. The molecular weight excluding hydrogens is 266 g/mol. The van der Waals surface area contributed by atoms with Gasteiger partial charge in [0.2, 0.25) is 0 Å². The Bertz CT molecular complexity index is 790. The molecule has 1 heterocycles. The molecule has 0 aliphatic heterocycles. The molecule has 4 nitrogen and oxygen atoms in total. The van der Waals surface area contributed by atoms with Gasteiger partial charge in [-0.3, -0.25) is 4.79 Å². The second-order valence-electron chi connectivity index (χ2n) is 4.71. The number of hydrogen-bond donors (Lipinski definition) is 2. The zero-order valence-corrected chi connectivity index (χ0v) is 11.6. The minimum atomic E-state index is -0.208. The van der Waals surface area contributed by atoms with Crippen LogP contribution in [0.25, 0.3) is 22.3 Å². The number of nitrogens with one attached hydrogen (secondary N) is 1. The Morgan fingerprint density at radius 3 is 2.67 bits per heavy atom. The summed E-state index contributed by atoms with van der Waals surface area (Å²) in [4.78, 5) is 12.4. The van der Waals surface area contributed by atoms with Crippen molar-refractivity contribution in [1.29, 1.82) is 0 Å². The van der Waals surface area contributed by atoms with Gasteiger partial charge >= 0.3 is 0 Å². The molecule has 2 N–H and O–H groups in total. The van der Waals surface area contributed by atoms with E-state index in [1.54, 1.807) is 18.2 Å². The molecule has 0 saturated heterocycles. The van der Waals surface area contributed by atoms with Gasteiger partial charge in [-0.15, -0.1) is 0 Å². The van der Waals surface area contributed by atoms with E-state index < -0.39 is 0 Å². The fraction of sp³-hybridized carbons (Fsp3) is 0.118. The van der Waals surface area contributed by atoms with Crippen LogP contribution >= 0.6 is 0 Å². The van der Waals surface area contributed by atoms with Gasteiger partial charge in [0.15, 0.2) is 0 Å². The van der Waals surface area contributed by atoms with Crippen molar-refractivity contribution < 1.29 is 14.3 Å². The average Bonchev–Trinajstić information content (AvgIpc) is 2.87. The van der Waals surface area contributed by atoms with Crippen LogP contribution in [0.1, 0.15) is 17.3 Å². The summed E-state index contributed by atoms with van der Waals surface area (Å²) in [6.45, 7) is 2.39. The molecule has 3 aromatic rings. The number of rotatable bonds is 3. The van der Waals surface area contributed by atoms with E-state index >= 15 is 0 Å². The van der Waals surface area contributed by atoms with E-state index in [0.717, 1.165) is 5.56 Å². The van der Waals surface area contributed by atoms with Crippen LogP contribution in [0.3, 0.4) is 0 Å². The number of phenols is 1. The first-order valence-corrected chi connectivity index (χ1v) is 6.80. The monoisotopic (exact) mass is 281 g/mol.